The number of halogens is 3. The predicted molar refractivity (Wildman–Crippen MR) is 70.5 cm³/mol. The first kappa shape index (κ1) is 15.6. The lowest BCUT2D eigenvalue weighted by molar-refractivity contribution is -0.274. The van der Waals surface area contributed by atoms with Gasteiger partial charge >= 0.3 is 12.3 Å². The summed E-state index contributed by atoms with van der Waals surface area (Å²) in [5, 5.41) is 0. The summed E-state index contributed by atoms with van der Waals surface area (Å²) in [7, 11) is 1.14. The Balaban J connectivity index is 2.50. The van der Waals surface area contributed by atoms with Gasteiger partial charge in [0.15, 0.2) is 0 Å². The van der Waals surface area contributed by atoms with Crippen LogP contribution in [0.15, 0.2) is 41.3 Å². The Kier molecular flexibility index (Phi) is 4.20. The molecule has 0 fully saturated rings. The molecule has 0 unspecified atom stereocenters. The van der Waals surface area contributed by atoms with Crippen molar-refractivity contribution < 1.29 is 27.4 Å². The highest BCUT2D eigenvalue weighted by atomic mass is 19.4. The van der Waals surface area contributed by atoms with Crippen LogP contribution in [0.5, 0.6) is 5.75 Å². The first-order valence-corrected chi connectivity index (χ1v) is 5.97. The van der Waals surface area contributed by atoms with Crippen molar-refractivity contribution in [3.63, 3.8) is 0 Å². The zero-order valence-corrected chi connectivity index (χ0v) is 11.2. The number of pyridine rings is 1. The third-order valence-corrected chi connectivity index (χ3v) is 2.71. The lowest BCUT2D eigenvalue weighted by Gasteiger charge is -2.11. The van der Waals surface area contributed by atoms with Gasteiger partial charge in [0.2, 0.25) is 5.56 Å². The number of esters is 1. The largest absolute Gasteiger partial charge is 0.573 e. The molecule has 8 heteroatoms. The SMILES string of the molecule is COC(=O)c1cc(=O)[nH]cc1-c1cccc(OC(F)(F)F)c1. The van der Waals surface area contributed by atoms with E-state index in [1.807, 2.05) is 0 Å². The van der Waals surface area contributed by atoms with E-state index in [1.54, 1.807) is 0 Å². The van der Waals surface area contributed by atoms with Crippen molar-refractivity contribution in [2.75, 3.05) is 7.11 Å². The number of hydrogen-bond donors (Lipinski definition) is 1. The lowest BCUT2D eigenvalue weighted by Crippen LogP contribution is -2.17. The molecule has 0 aliphatic heterocycles. The molecule has 0 aliphatic carbocycles. The first-order valence-electron chi connectivity index (χ1n) is 5.97. The van der Waals surface area contributed by atoms with Gasteiger partial charge in [-0.15, -0.1) is 13.2 Å². The number of nitrogens with one attached hydrogen (secondary N) is 1. The maximum Gasteiger partial charge on any atom is 0.573 e. The van der Waals surface area contributed by atoms with E-state index in [9.17, 15) is 22.8 Å². The van der Waals surface area contributed by atoms with Gasteiger partial charge in [-0.25, -0.2) is 4.79 Å². The molecular weight excluding hydrogens is 303 g/mol. The normalized spacial score (nSPS) is 11.1. The highest BCUT2D eigenvalue weighted by Crippen LogP contribution is 2.29. The van der Waals surface area contributed by atoms with E-state index < -0.39 is 23.6 Å². The second-order valence-electron chi connectivity index (χ2n) is 4.19. The van der Waals surface area contributed by atoms with Crippen LogP contribution in [-0.2, 0) is 4.74 Å². The molecule has 116 valence electrons. The fourth-order valence-electron chi connectivity index (χ4n) is 1.85. The van der Waals surface area contributed by atoms with E-state index in [0.717, 1.165) is 25.3 Å². The number of methoxy groups -OCH3 is 1. The zero-order chi connectivity index (χ0) is 16.3. The van der Waals surface area contributed by atoms with E-state index in [2.05, 4.69) is 14.5 Å². The highest BCUT2D eigenvalue weighted by Gasteiger charge is 2.31. The van der Waals surface area contributed by atoms with Gasteiger partial charge < -0.3 is 14.5 Å². The van der Waals surface area contributed by atoms with Gasteiger partial charge in [-0.1, -0.05) is 12.1 Å². The summed E-state index contributed by atoms with van der Waals surface area (Å²) in [6.45, 7) is 0. The second kappa shape index (κ2) is 5.92. The van der Waals surface area contributed by atoms with Crippen molar-refractivity contribution in [3.8, 4) is 16.9 Å². The monoisotopic (exact) mass is 313 g/mol. The molecule has 1 aromatic heterocycles. The predicted octanol–water partition coefficient (Wildman–Crippen LogP) is 2.73. The Morgan fingerprint density at radius 2 is 1.95 bits per heavy atom. The van der Waals surface area contributed by atoms with Crippen LogP contribution >= 0.6 is 0 Å². The molecule has 0 radical (unpaired) electrons. The number of benzene rings is 1. The minimum Gasteiger partial charge on any atom is -0.465 e. The summed E-state index contributed by atoms with van der Waals surface area (Å²) >= 11 is 0. The maximum atomic E-state index is 12.2. The molecule has 0 aliphatic rings. The number of hydrogen-bond acceptors (Lipinski definition) is 4. The van der Waals surface area contributed by atoms with Crippen LogP contribution in [0.4, 0.5) is 13.2 Å². The molecular formula is C14H10F3NO4. The molecule has 0 amide bonds. The number of carbonyl (C=O) groups is 1. The third kappa shape index (κ3) is 3.66. The van der Waals surface area contributed by atoms with Crippen LogP contribution in [0.1, 0.15) is 10.4 Å². The van der Waals surface area contributed by atoms with Crippen LogP contribution in [0.2, 0.25) is 0 Å². The summed E-state index contributed by atoms with van der Waals surface area (Å²) in [4.78, 5) is 25.4. The molecule has 2 rings (SSSR count). The molecule has 1 aromatic carbocycles. The molecule has 1 N–H and O–H groups in total. The zero-order valence-electron chi connectivity index (χ0n) is 11.2. The fourth-order valence-corrected chi connectivity index (χ4v) is 1.85. The van der Waals surface area contributed by atoms with Gasteiger partial charge in [-0.05, 0) is 17.7 Å². The van der Waals surface area contributed by atoms with E-state index in [1.165, 1.54) is 18.3 Å². The molecule has 0 spiro atoms. The summed E-state index contributed by atoms with van der Waals surface area (Å²) < 4.78 is 45.1. The number of H-pyrrole nitrogens is 1. The summed E-state index contributed by atoms with van der Waals surface area (Å²) in [6, 6.07) is 6.05. The number of carbonyl (C=O) groups excluding carboxylic acids is 1. The first-order chi connectivity index (χ1) is 10.3. The smallest absolute Gasteiger partial charge is 0.465 e. The Bertz CT molecular complexity index is 752. The standard InChI is InChI=1S/C14H10F3NO4/c1-21-13(20)10-6-12(19)18-7-11(10)8-3-2-4-9(5-8)22-14(15,16)17/h2-7H,1H3,(H,18,19). The average molecular weight is 313 g/mol. The quantitative estimate of drug-likeness (QED) is 0.885. The van der Waals surface area contributed by atoms with Crippen LogP contribution < -0.4 is 10.3 Å². The molecule has 0 saturated heterocycles. The van der Waals surface area contributed by atoms with Crippen LogP contribution in [0.25, 0.3) is 11.1 Å². The molecule has 0 saturated carbocycles. The number of aromatic nitrogens is 1. The van der Waals surface area contributed by atoms with Crippen molar-refractivity contribution >= 4 is 5.97 Å². The summed E-state index contributed by atoms with van der Waals surface area (Å²) in [5.74, 6) is -1.21. The fraction of sp³-hybridized carbons (Fsp3) is 0.143. The molecule has 0 atom stereocenters. The van der Waals surface area contributed by atoms with Crippen LogP contribution in [0.3, 0.4) is 0 Å². The number of ether oxygens (including phenoxy) is 2. The Hall–Kier alpha value is -2.77. The Morgan fingerprint density at radius 3 is 2.59 bits per heavy atom. The van der Waals surface area contributed by atoms with Gasteiger partial charge in [0.05, 0.1) is 12.7 Å². The van der Waals surface area contributed by atoms with Crippen molar-refractivity contribution in [1.82, 2.24) is 4.98 Å². The number of aromatic amines is 1. The molecule has 22 heavy (non-hydrogen) atoms. The maximum absolute atomic E-state index is 12.2. The number of rotatable bonds is 3. The number of alkyl halides is 3. The van der Waals surface area contributed by atoms with Crippen molar-refractivity contribution in [2.45, 2.75) is 6.36 Å². The third-order valence-electron chi connectivity index (χ3n) is 2.71. The van der Waals surface area contributed by atoms with Gasteiger partial charge in [0.1, 0.15) is 5.75 Å². The van der Waals surface area contributed by atoms with Gasteiger partial charge in [-0.2, -0.15) is 0 Å². The van der Waals surface area contributed by atoms with E-state index in [4.69, 9.17) is 0 Å². The topological polar surface area (TPSA) is 68.4 Å². The van der Waals surface area contributed by atoms with Crippen LogP contribution in [-0.4, -0.2) is 24.4 Å². The summed E-state index contributed by atoms with van der Waals surface area (Å²) in [5.41, 5.74) is -0.111. The minimum absolute atomic E-state index is 0.0598. The Labute approximate surface area is 122 Å². The van der Waals surface area contributed by atoms with Crippen LogP contribution in [0, 0.1) is 0 Å². The average Bonchev–Trinajstić information content (AvgIpc) is 2.44. The van der Waals surface area contributed by atoms with E-state index in [-0.39, 0.29) is 16.7 Å². The molecule has 2 aromatic rings. The van der Waals surface area contributed by atoms with Gasteiger partial charge in [-0.3, -0.25) is 4.79 Å². The van der Waals surface area contributed by atoms with E-state index >= 15 is 0 Å². The molecule has 0 bridgehead atoms. The minimum atomic E-state index is -4.82. The summed E-state index contributed by atoms with van der Waals surface area (Å²) in [6.07, 6.45) is -3.60. The van der Waals surface area contributed by atoms with Crippen molar-refractivity contribution in [1.29, 1.82) is 0 Å². The van der Waals surface area contributed by atoms with Gasteiger partial charge in [0.25, 0.3) is 0 Å². The van der Waals surface area contributed by atoms with Gasteiger partial charge in [0, 0.05) is 17.8 Å². The van der Waals surface area contributed by atoms with Crippen molar-refractivity contribution in [2.24, 2.45) is 0 Å². The van der Waals surface area contributed by atoms with E-state index in [0.29, 0.717) is 0 Å². The second-order valence-corrected chi connectivity index (χ2v) is 4.19. The molecule has 5 nitrogen and oxygen atoms in total. The molecule has 1 heterocycles. The Morgan fingerprint density at radius 1 is 1.23 bits per heavy atom. The lowest BCUT2D eigenvalue weighted by atomic mass is 10.0. The van der Waals surface area contributed by atoms with Crippen molar-refractivity contribution in [3.05, 3.63) is 52.4 Å². The highest BCUT2D eigenvalue weighted by molar-refractivity contribution is 5.97.